The van der Waals surface area contributed by atoms with Crippen molar-refractivity contribution >= 4 is 35.0 Å². The number of rotatable bonds is 6. The van der Waals surface area contributed by atoms with Gasteiger partial charge in [-0.2, -0.15) is 0 Å². The van der Waals surface area contributed by atoms with Gasteiger partial charge in [0.25, 0.3) is 0 Å². The molecule has 1 heterocycles. The van der Waals surface area contributed by atoms with E-state index in [9.17, 15) is 9.18 Å². The van der Waals surface area contributed by atoms with Crippen molar-refractivity contribution in [1.82, 2.24) is 14.8 Å². The van der Waals surface area contributed by atoms with Crippen LogP contribution in [0, 0.1) is 5.82 Å². The van der Waals surface area contributed by atoms with Gasteiger partial charge >= 0.3 is 0 Å². The molecule has 2 aromatic carbocycles. The lowest BCUT2D eigenvalue weighted by atomic mass is 10.2. The van der Waals surface area contributed by atoms with E-state index in [1.54, 1.807) is 43.3 Å². The normalized spacial score (nSPS) is 12.0. The number of thioether (sulfide) groups is 1. The molecule has 27 heavy (non-hydrogen) atoms. The smallest absolute Gasteiger partial charge is 0.237 e. The van der Waals surface area contributed by atoms with Gasteiger partial charge in [0.2, 0.25) is 5.91 Å². The number of aromatic nitrogens is 3. The van der Waals surface area contributed by atoms with Crippen molar-refractivity contribution in [3.8, 4) is 11.4 Å². The van der Waals surface area contributed by atoms with Crippen molar-refractivity contribution in [2.24, 2.45) is 0 Å². The molecule has 0 aliphatic rings. The summed E-state index contributed by atoms with van der Waals surface area (Å²) in [4.78, 5) is 12.5. The van der Waals surface area contributed by atoms with Crippen LogP contribution in [0.5, 0.6) is 0 Å². The van der Waals surface area contributed by atoms with Gasteiger partial charge in [0.15, 0.2) is 11.0 Å². The predicted octanol–water partition coefficient (Wildman–Crippen LogP) is 4.88. The number of carbonyl (C=O) groups excluding carboxylic acids is 1. The monoisotopic (exact) mass is 404 g/mol. The maximum atomic E-state index is 13.2. The number of nitrogens with zero attached hydrogens (tertiary/aromatic N) is 3. The molecule has 0 aliphatic heterocycles. The van der Waals surface area contributed by atoms with E-state index in [1.165, 1.54) is 23.9 Å². The molecule has 0 fully saturated rings. The van der Waals surface area contributed by atoms with Crippen molar-refractivity contribution in [3.05, 3.63) is 59.4 Å². The molecule has 0 saturated heterocycles. The molecule has 140 valence electrons. The van der Waals surface area contributed by atoms with E-state index in [1.807, 2.05) is 11.5 Å². The number of amides is 1. The van der Waals surface area contributed by atoms with E-state index in [4.69, 9.17) is 11.6 Å². The van der Waals surface area contributed by atoms with Crippen LogP contribution in [0.4, 0.5) is 10.1 Å². The quantitative estimate of drug-likeness (QED) is 0.595. The molecule has 1 aromatic heterocycles. The lowest BCUT2D eigenvalue weighted by Gasteiger charge is -2.13. The molecule has 1 unspecified atom stereocenters. The standard InChI is InChI=1S/C19H18ClFN4OS/c1-3-25-17(13-7-9-15(21)10-8-13)23-24-19(25)27-12(2)18(26)22-16-6-4-5-14(20)11-16/h4-12H,3H2,1-2H3,(H,22,26). The maximum Gasteiger partial charge on any atom is 0.237 e. The summed E-state index contributed by atoms with van der Waals surface area (Å²) in [6, 6.07) is 13.1. The van der Waals surface area contributed by atoms with Crippen LogP contribution in [0.1, 0.15) is 13.8 Å². The fourth-order valence-corrected chi connectivity index (χ4v) is 3.60. The molecule has 0 spiro atoms. The van der Waals surface area contributed by atoms with Gasteiger partial charge in [-0.25, -0.2) is 4.39 Å². The molecule has 0 saturated carbocycles. The summed E-state index contributed by atoms with van der Waals surface area (Å²) in [6.07, 6.45) is 0. The molecule has 3 aromatic rings. The summed E-state index contributed by atoms with van der Waals surface area (Å²) in [5, 5.41) is 12.1. The Morgan fingerprint density at radius 2 is 2.00 bits per heavy atom. The summed E-state index contributed by atoms with van der Waals surface area (Å²) < 4.78 is 15.1. The van der Waals surface area contributed by atoms with Gasteiger partial charge in [-0.3, -0.25) is 4.79 Å². The summed E-state index contributed by atoms with van der Waals surface area (Å²) in [6.45, 7) is 4.40. The largest absolute Gasteiger partial charge is 0.325 e. The SMILES string of the molecule is CCn1c(SC(C)C(=O)Nc2cccc(Cl)c2)nnc1-c1ccc(F)cc1. The van der Waals surface area contributed by atoms with E-state index in [0.29, 0.717) is 28.2 Å². The minimum Gasteiger partial charge on any atom is -0.325 e. The van der Waals surface area contributed by atoms with Crippen LogP contribution in [0.25, 0.3) is 11.4 Å². The Kier molecular flexibility index (Phi) is 6.13. The van der Waals surface area contributed by atoms with Crippen LogP contribution in [0.3, 0.4) is 0 Å². The highest BCUT2D eigenvalue weighted by atomic mass is 35.5. The first-order valence-electron chi connectivity index (χ1n) is 8.40. The molecule has 1 amide bonds. The zero-order valence-corrected chi connectivity index (χ0v) is 16.4. The number of halogens is 2. The highest BCUT2D eigenvalue weighted by molar-refractivity contribution is 8.00. The Morgan fingerprint density at radius 3 is 2.67 bits per heavy atom. The molecular formula is C19H18ClFN4OS. The summed E-state index contributed by atoms with van der Waals surface area (Å²) in [5.74, 6) is 0.181. The zero-order chi connectivity index (χ0) is 19.4. The molecule has 1 N–H and O–H groups in total. The number of carbonyl (C=O) groups is 1. The van der Waals surface area contributed by atoms with Gasteiger partial charge in [0, 0.05) is 22.8 Å². The number of anilines is 1. The third-order valence-electron chi connectivity index (χ3n) is 3.88. The Hall–Kier alpha value is -2.38. The third kappa shape index (κ3) is 4.67. The fraction of sp³-hybridized carbons (Fsp3) is 0.211. The van der Waals surface area contributed by atoms with Crippen LogP contribution in [-0.4, -0.2) is 25.9 Å². The average Bonchev–Trinajstić information content (AvgIpc) is 3.04. The Bertz CT molecular complexity index is 945. The lowest BCUT2D eigenvalue weighted by molar-refractivity contribution is -0.115. The molecule has 1 atom stereocenters. The first kappa shape index (κ1) is 19.4. The molecular weight excluding hydrogens is 387 g/mol. The summed E-state index contributed by atoms with van der Waals surface area (Å²) in [7, 11) is 0. The summed E-state index contributed by atoms with van der Waals surface area (Å²) >= 11 is 7.26. The fourth-order valence-electron chi connectivity index (χ4n) is 2.50. The first-order chi connectivity index (χ1) is 13.0. The molecule has 0 bridgehead atoms. The average molecular weight is 405 g/mol. The van der Waals surface area contributed by atoms with Gasteiger partial charge in [0.1, 0.15) is 5.82 Å². The van der Waals surface area contributed by atoms with Crippen LogP contribution < -0.4 is 5.32 Å². The second-order valence-corrected chi connectivity index (χ2v) is 7.56. The Morgan fingerprint density at radius 1 is 1.26 bits per heavy atom. The number of hydrogen-bond acceptors (Lipinski definition) is 4. The third-order valence-corrected chi connectivity index (χ3v) is 5.19. The minimum atomic E-state index is -0.389. The van der Waals surface area contributed by atoms with Crippen LogP contribution in [-0.2, 0) is 11.3 Å². The van der Waals surface area contributed by atoms with Gasteiger partial charge in [0.05, 0.1) is 5.25 Å². The second-order valence-electron chi connectivity index (χ2n) is 5.82. The second kappa shape index (κ2) is 8.54. The summed E-state index contributed by atoms with van der Waals surface area (Å²) in [5.41, 5.74) is 1.41. The number of nitrogens with one attached hydrogen (secondary N) is 1. The van der Waals surface area contributed by atoms with Gasteiger partial charge in [-0.05, 0) is 56.3 Å². The van der Waals surface area contributed by atoms with E-state index < -0.39 is 0 Å². The van der Waals surface area contributed by atoms with Crippen molar-refractivity contribution in [1.29, 1.82) is 0 Å². The highest BCUT2D eigenvalue weighted by Gasteiger charge is 2.20. The molecule has 0 radical (unpaired) electrons. The highest BCUT2D eigenvalue weighted by Crippen LogP contribution is 2.27. The lowest BCUT2D eigenvalue weighted by Crippen LogP contribution is -2.22. The maximum absolute atomic E-state index is 13.2. The van der Waals surface area contributed by atoms with E-state index in [-0.39, 0.29) is 17.0 Å². The van der Waals surface area contributed by atoms with Crippen LogP contribution in [0.15, 0.2) is 53.7 Å². The Balaban J connectivity index is 1.75. The Labute approximate surface area is 166 Å². The van der Waals surface area contributed by atoms with Gasteiger partial charge in [-0.15, -0.1) is 10.2 Å². The van der Waals surface area contributed by atoms with Gasteiger partial charge in [-0.1, -0.05) is 29.4 Å². The molecule has 8 heteroatoms. The molecule has 5 nitrogen and oxygen atoms in total. The topological polar surface area (TPSA) is 59.8 Å². The van der Waals surface area contributed by atoms with Crippen molar-refractivity contribution in [2.75, 3.05) is 5.32 Å². The number of benzene rings is 2. The van der Waals surface area contributed by atoms with E-state index >= 15 is 0 Å². The van der Waals surface area contributed by atoms with Crippen LogP contribution >= 0.6 is 23.4 Å². The minimum absolute atomic E-state index is 0.156. The first-order valence-corrected chi connectivity index (χ1v) is 9.66. The van der Waals surface area contributed by atoms with E-state index in [0.717, 1.165) is 5.56 Å². The zero-order valence-electron chi connectivity index (χ0n) is 14.8. The number of hydrogen-bond donors (Lipinski definition) is 1. The molecule has 3 rings (SSSR count). The van der Waals surface area contributed by atoms with E-state index in [2.05, 4.69) is 15.5 Å². The van der Waals surface area contributed by atoms with Crippen molar-refractivity contribution in [2.45, 2.75) is 30.8 Å². The van der Waals surface area contributed by atoms with Crippen LogP contribution in [0.2, 0.25) is 5.02 Å². The van der Waals surface area contributed by atoms with Gasteiger partial charge < -0.3 is 9.88 Å². The molecule has 0 aliphatic carbocycles. The van der Waals surface area contributed by atoms with Crippen molar-refractivity contribution in [3.63, 3.8) is 0 Å². The predicted molar refractivity (Wildman–Crippen MR) is 106 cm³/mol. The van der Waals surface area contributed by atoms with Crippen molar-refractivity contribution < 1.29 is 9.18 Å².